The number of pyridine rings is 1. The first kappa shape index (κ1) is 62.9. The normalized spacial score (nSPS) is 17.2. The quantitative estimate of drug-likeness (QED) is 0.0864. The number of aromatic amines is 2. The fourth-order valence-electron chi connectivity index (χ4n) is 12.9. The number of benzene rings is 3. The summed E-state index contributed by atoms with van der Waals surface area (Å²) in [4.78, 5) is 75.9. The highest BCUT2D eigenvalue weighted by Gasteiger charge is 2.36. The molecule has 8 aromatic rings. The zero-order chi connectivity index (χ0) is 64.2. The average Bonchev–Trinajstić information content (AvgIpc) is 1.49. The molecule has 4 amide bonds. The number of nitrogens with zero attached hydrogens (tertiary/aromatic N) is 13. The highest BCUT2D eigenvalue weighted by Crippen LogP contribution is 2.43. The molecule has 6 aliphatic rings. The van der Waals surface area contributed by atoms with Crippen molar-refractivity contribution in [3.8, 4) is 33.9 Å². The Bertz CT molecular complexity index is 4080. The topological polar surface area (TPSA) is 212 Å². The highest BCUT2D eigenvalue weighted by molar-refractivity contribution is 6.07. The molecule has 9 heterocycles. The van der Waals surface area contributed by atoms with Gasteiger partial charge >= 0.3 is 0 Å². The van der Waals surface area contributed by atoms with E-state index in [0.717, 1.165) is 38.3 Å². The summed E-state index contributed by atoms with van der Waals surface area (Å²) in [6.07, 6.45) is 18.4. The van der Waals surface area contributed by atoms with Gasteiger partial charge in [0.2, 0.25) is 17.7 Å². The minimum absolute atomic E-state index is 0. The van der Waals surface area contributed by atoms with Crippen LogP contribution in [0, 0.1) is 23.3 Å². The van der Waals surface area contributed by atoms with Gasteiger partial charge in [0, 0.05) is 164 Å². The number of amides is 4. The molecule has 92 heavy (non-hydrogen) atoms. The maximum Gasteiger partial charge on any atom is 0.270 e. The van der Waals surface area contributed by atoms with Gasteiger partial charge in [0.25, 0.3) is 11.8 Å². The second-order valence-electron chi connectivity index (χ2n) is 23.7. The summed E-state index contributed by atoms with van der Waals surface area (Å²) in [5.74, 6) is -3.15. The number of nitrogens with one attached hydrogen (secondary N) is 2. The Labute approximate surface area is 532 Å². The summed E-state index contributed by atoms with van der Waals surface area (Å²) in [5.41, 5.74) is 4.41. The third kappa shape index (κ3) is 13.4. The number of ether oxygens (including phenoxy) is 2. The standard InChI is InChI=1S/C33H34F3N7O3.C32H35FN8O3.C2H6.2H2/c1-46-32-26(15-21(34)16-27(32)35)24-17-23(20-3-2-8-42(19-20)29(44)6-9-43-10-7-37-39-43)30(36)31-25(24)18-28(38-31)33(45)41-13-11-40(12-14-41)22-4-5-22;1-44-31-23(5-2-9-34-31)25-18-24(21-4-3-11-40(20-21)28(42)8-12-41-13-10-35-37-41)29(33)30-26(25)19-27(36-30)32(43)39-16-14-38(15-17-39)22-6-7-22;1-2;;/h3,7,10,15-18,22,38H,2,4-6,8-9,11-14,19H2,1H3;2,4-5,9-10,13,18-19,22,36H,3,6-8,11-12,14-17,20H2,1H3;1-2H3;2*1H. The van der Waals surface area contributed by atoms with Crippen molar-refractivity contribution in [2.45, 2.75) is 90.4 Å². The Kier molecular flexibility index (Phi) is 19.0. The molecule has 2 aliphatic carbocycles. The predicted octanol–water partition coefficient (Wildman–Crippen LogP) is 9.59. The van der Waals surface area contributed by atoms with E-state index in [4.69, 9.17) is 9.47 Å². The number of hydrogen-bond donors (Lipinski definition) is 2. The van der Waals surface area contributed by atoms with Crippen molar-refractivity contribution in [2.24, 2.45) is 0 Å². The zero-order valence-electron chi connectivity index (χ0n) is 52.1. The lowest BCUT2D eigenvalue weighted by Crippen LogP contribution is -2.49. The minimum atomic E-state index is -0.905. The van der Waals surface area contributed by atoms with Crippen LogP contribution in [-0.4, -0.2) is 203 Å². The number of carbonyl (C=O) groups excluding carboxylic acids is 4. The third-order valence-electron chi connectivity index (χ3n) is 18.0. The minimum Gasteiger partial charge on any atom is -0.493 e. The SMILES string of the molecule is CC.COc1c(F)cc(F)cc1-c1cc(C2=CCCN(C(=O)CCn3ccnn3)C2)c(F)c2[nH]c(C(=O)N3CCN(C4CC4)CC3)cc12.COc1ncccc1-c1cc(C2=CCCN(C(=O)CCn3ccnn3)C2)c(F)c2[nH]c(C(=O)N3CCN(C4CC4)CC3)cc12.[HH].[HH]. The van der Waals surface area contributed by atoms with E-state index in [1.54, 1.807) is 80.2 Å². The molecule has 14 rings (SSSR count). The fourth-order valence-corrected chi connectivity index (χ4v) is 12.9. The van der Waals surface area contributed by atoms with Gasteiger partial charge in [-0.25, -0.2) is 22.5 Å². The van der Waals surface area contributed by atoms with Crippen LogP contribution in [0.3, 0.4) is 0 Å². The molecule has 0 spiro atoms. The second kappa shape index (κ2) is 27.7. The molecule has 5 aromatic heterocycles. The zero-order valence-corrected chi connectivity index (χ0v) is 52.1. The maximum absolute atomic E-state index is 16.5. The molecule has 0 bridgehead atoms. The van der Waals surface area contributed by atoms with Crippen LogP contribution in [0.25, 0.3) is 55.2 Å². The number of methoxy groups -OCH3 is 2. The fraction of sp³-hybridized carbons (Fsp3) is 0.418. The van der Waals surface area contributed by atoms with Gasteiger partial charge in [0.05, 0.1) is 50.7 Å². The molecular weight excluding hydrogens is 1190 g/mol. The Morgan fingerprint density at radius 1 is 0.554 bits per heavy atom. The van der Waals surface area contributed by atoms with Crippen molar-refractivity contribution >= 4 is 56.6 Å². The maximum atomic E-state index is 16.5. The van der Waals surface area contributed by atoms with Gasteiger partial charge in [0.15, 0.2) is 23.2 Å². The molecule has 4 fully saturated rings. The van der Waals surface area contributed by atoms with Crippen molar-refractivity contribution in [1.29, 1.82) is 0 Å². The van der Waals surface area contributed by atoms with Gasteiger partial charge in [-0.15, -0.1) is 10.2 Å². The van der Waals surface area contributed by atoms with Crippen LogP contribution in [0.2, 0.25) is 0 Å². The number of hydrogen-bond acceptors (Lipinski definition) is 13. The molecule has 0 radical (unpaired) electrons. The van der Waals surface area contributed by atoms with Crippen molar-refractivity contribution in [3.05, 3.63) is 137 Å². The van der Waals surface area contributed by atoms with Crippen molar-refractivity contribution < 1.29 is 49.1 Å². The molecule has 25 heteroatoms. The first-order valence-corrected chi connectivity index (χ1v) is 31.7. The number of piperazine rings is 2. The number of aryl methyl sites for hydroxylation is 2. The van der Waals surface area contributed by atoms with E-state index in [1.807, 2.05) is 37.0 Å². The van der Waals surface area contributed by atoms with Gasteiger partial charge in [-0.05, 0) is 103 Å². The van der Waals surface area contributed by atoms with E-state index in [2.05, 4.69) is 45.4 Å². The average molecular weight is 1270 g/mol. The Morgan fingerprint density at radius 2 is 1.03 bits per heavy atom. The number of aromatic nitrogens is 9. The summed E-state index contributed by atoms with van der Waals surface area (Å²) in [5, 5.41) is 16.3. The van der Waals surface area contributed by atoms with Gasteiger partial charge < -0.3 is 39.0 Å². The first-order chi connectivity index (χ1) is 44.8. The highest BCUT2D eigenvalue weighted by atomic mass is 19.1. The molecule has 486 valence electrons. The Balaban J connectivity index is 0.000000196. The monoisotopic (exact) mass is 1270 g/mol. The van der Waals surface area contributed by atoms with Crippen LogP contribution < -0.4 is 9.47 Å². The molecule has 2 saturated heterocycles. The van der Waals surface area contributed by atoms with E-state index < -0.39 is 23.3 Å². The number of carbonyl (C=O) groups is 4. The molecule has 2 N–H and O–H groups in total. The Morgan fingerprint density at radius 3 is 1.47 bits per heavy atom. The van der Waals surface area contributed by atoms with Crippen LogP contribution in [0.15, 0.2) is 91.7 Å². The largest absolute Gasteiger partial charge is 0.493 e. The van der Waals surface area contributed by atoms with Crippen molar-refractivity contribution in [1.82, 2.24) is 74.3 Å². The molecular formula is C67H79F4N15O6. The lowest BCUT2D eigenvalue weighted by atomic mass is 9.92. The summed E-state index contributed by atoms with van der Waals surface area (Å²) in [6.45, 7) is 11.9. The van der Waals surface area contributed by atoms with Gasteiger partial charge in [-0.3, -0.25) is 38.3 Å². The lowest BCUT2D eigenvalue weighted by molar-refractivity contribution is -0.131. The van der Waals surface area contributed by atoms with Crippen LogP contribution in [0.5, 0.6) is 11.6 Å². The van der Waals surface area contributed by atoms with Crippen molar-refractivity contribution in [2.75, 3.05) is 92.8 Å². The summed E-state index contributed by atoms with van der Waals surface area (Å²) < 4.78 is 76.7. The smallest absolute Gasteiger partial charge is 0.270 e. The number of halogens is 4. The van der Waals surface area contributed by atoms with Crippen LogP contribution in [0.4, 0.5) is 17.6 Å². The van der Waals surface area contributed by atoms with E-state index >= 15 is 8.78 Å². The summed E-state index contributed by atoms with van der Waals surface area (Å²) in [6, 6.07) is 13.4. The van der Waals surface area contributed by atoms with Crippen LogP contribution in [0.1, 0.15) is 100 Å². The molecule has 21 nitrogen and oxygen atoms in total. The van der Waals surface area contributed by atoms with E-state index in [1.165, 1.54) is 45.1 Å². The van der Waals surface area contributed by atoms with Gasteiger partial charge in [-0.1, -0.05) is 36.4 Å². The lowest BCUT2D eigenvalue weighted by Gasteiger charge is -2.34. The van der Waals surface area contributed by atoms with Gasteiger partial charge in [0.1, 0.15) is 17.2 Å². The summed E-state index contributed by atoms with van der Waals surface area (Å²) in [7, 11) is 2.83. The molecule has 0 unspecified atom stereocenters. The van der Waals surface area contributed by atoms with Crippen LogP contribution >= 0.6 is 0 Å². The molecule has 4 aliphatic heterocycles. The van der Waals surface area contributed by atoms with Gasteiger partial charge in [-0.2, -0.15) is 0 Å². The third-order valence-corrected chi connectivity index (χ3v) is 18.0. The van der Waals surface area contributed by atoms with Crippen molar-refractivity contribution in [3.63, 3.8) is 0 Å². The van der Waals surface area contributed by atoms with E-state index in [0.29, 0.717) is 133 Å². The predicted molar refractivity (Wildman–Crippen MR) is 342 cm³/mol. The van der Waals surface area contributed by atoms with Crippen LogP contribution in [-0.2, 0) is 22.7 Å². The Hall–Kier alpha value is -9.23. The second-order valence-corrected chi connectivity index (χ2v) is 23.7. The van der Waals surface area contributed by atoms with E-state index in [9.17, 15) is 28.0 Å². The molecule has 0 atom stereocenters. The number of rotatable bonds is 16. The number of fused-ring (bicyclic) bond motifs is 2. The molecule has 3 aromatic carbocycles. The molecule has 2 saturated carbocycles. The summed E-state index contributed by atoms with van der Waals surface area (Å²) >= 11 is 0. The first-order valence-electron chi connectivity index (χ1n) is 31.7. The number of H-pyrrole nitrogens is 2. The van der Waals surface area contributed by atoms with E-state index in [-0.39, 0.29) is 86.0 Å².